The van der Waals surface area contributed by atoms with E-state index in [-0.39, 0.29) is 11.8 Å². The summed E-state index contributed by atoms with van der Waals surface area (Å²) in [5.41, 5.74) is 4.54. The molecule has 2 rings (SSSR count). The van der Waals surface area contributed by atoms with Crippen LogP contribution in [0.4, 0.5) is 5.69 Å². The van der Waals surface area contributed by atoms with Crippen molar-refractivity contribution in [2.45, 2.75) is 20.3 Å². The molecule has 0 heterocycles. The molecule has 0 aliphatic carbocycles. The molecule has 2 aromatic rings. The second-order valence-electron chi connectivity index (χ2n) is 5.92. The molecule has 23 heavy (non-hydrogen) atoms. The monoisotopic (exact) mass is 310 g/mol. The van der Waals surface area contributed by atoms with Gasteiger partial charge >= 0.3 is 0 Å². The molecule has 0 radical (unpaired) electrons. The van der Waals surface area contributed by atoms with Crippen molar-refractivity contribution in [3.63, 3.8) is 0 Å². The average Bonchev–Trinajstić information content (AvgIpc) is 2.51. The van der Waals surface area contributed by atoms with Crippen LogP contribution in [0.5, 0.6) is 0 Å². The third-order valence-corrected chi connectivity index (χ3v) is 3.84. The zero-order chi connectivity index (χ0) is 17.0. The van der Waals surface area contributed by atoms with E-state index >= 15 is 0 Å². The Morgan fingerprint density at radius 3 is 2.17 bits per heavy atom. The van der Waals surface area contributed by atoms with E-state index in [1.54, 1.807) is 19.0 Å². The van der Waals surface area contributed by atoms with Gasteiger partial charge in [-0.05, 0) is 54.8 Å². The molecular formula is C19H22N2O2. The number of hydrogen-bond donors (Lipinski definition) is 1. The Bertz CT molecular complexity index is 719. The maximum Gasteiger partial charge on any atom is 0.255 e. The molecular weight excluding hydrogens is 288 g/mol. The molecule has 1 N–H and O–H groups in total. The number of nitrogens with zero attached hydrogens (tertiary/aromatic N) is 1. The third-order valence-electron chi connectivity index (χ3n) is 3.84. The number of nitrogens with one attached hydrogen (secondary N) is 1. The van der Waals surface area contributed by atoms with E-state index in [0.717, 1.165) is 16.7 Å². The maximum atomic E-state index is 12.3. The second kappa shape index (κ2) is 7.09. The quantitative estimate of drug-likeness (QED) is 0.943. The van der Waals surface area contributed by atoms with Gasteiger partial charge in [-0.2, -0.15) is 0 Å². The first-order valence-corrected chi connectivity index (χ1v) is 7.54. The van der Waals surface area contributed by atoms with E-state index in [2.05, 4.69) is 5.32 Å². The summed E-state index contributed by atoms with van der Waals surface area (Å²) >= 11 is 0. The first-order valence-electron chi connectivity index (χ1n) is 7.54. The zero-order valence-electron chi connectivity index (χ0n) is 14.0. The van der Waals surface area contributed by atoms with Gasteiger partial charge in [-0.1, -0.05) is 18.2 Å². The highest BCUT2D eigenvalue weighted by Gasteiger charge is 2.08. The summed E-state index contributed by atoms with van der Waals surface area (Å²) in [6.45, 7) is 4.01. The minimum atomic E-state index is -0.134. The van der Waals surface area contributed by atoms with Gasteiger partial charge in [0.15, 0.2) is 0 Å². The van der Waals surface area contributed by atoms with Crippen molar-refractivity contribution in [2.75, 3.05) is 19.4 Å². The molecule has 120 valence electrons. The Hall–Kier alpha value is -2.62. The fourth-order valence-corrected chi connectivity index (χ4v) is 2.12. The summed E-state index contributed by atoms with van der Waals surface area (Å²) in [6, 6.07) is 13.0. The zero-order valence-corrected chi connectivity index (χ0v) is 14.0. The number of benzene rings is 2. The summed E-state index contributed by atoms with van der Waals surface area (Å²) in [6.07, 6.45) is 0.360. The van der Waals surface area contributed by atoms with Gasteiger partial charge in [0.05, 0.1) is 6.42 Å². The van der Waals surface area contributed by atoms with E-state index in [4.69, 9.17) is 0 Å². The van der Waals surface area contributed by atoms with Crippen molar-refractivity contribution in [3.8, 4) is 0 Å². The number of likely N-dealkylation sites (N-methyl/N-ethyl adjacent to an activating group) is 1. The number of rotatable bonds is 4. The largest absolute Gasteiger partial charge is 0.349 e. The molecule has 0 saturated heterocycles. The van der Waals surface area contributed by atoms with Gasteiger partial charge in [-0.3, -0.25) is 9.59 Å². The lowest BCUT2D eigenvalue weighted by atomic mass is 10.1. The molecule has 0 unspecified atom stereocenters. The Balaban J connectivity index is 2.04. The number of anilines is 1. The molecule has 0 aliphatic heterocycles. The predicted octanol–water partition coefficient (Wildman–Crippen LogP) is 3.19. The molecule has 0 atom stereocenters. The highest BCUT2D eigenvalue weighted by atomic mass is 16.2. The molecule has 0 aromatic heterocycles. The lowest BCUT2D eigenvalue weighted by Crippen LogP contribution is -2.23. The first kappa shape index (κ1) is 16.7. The van der Waals surface area contributed by atoms with E-state index in [0.29, 0.717) is 17.7 Å². The smallest absolute Gasteiger partial charge is 0.255 e. The Labute approximate surface area is 137 Å². The van der Waals surface area contributed by atoms with Crippen LogP contribution in [0.15, 0.2) is 42.5 Å². The van der Waals surface area contributed by atoms with Crippen LogP contribution >= 0.6 is 0 Å². The molecule has 2 aromatic carbocycles. The summed E-state index contributed by atoms with van der Waals surface area (Å²) in [4.78, 5) is 25.5. The van der Waals surface area contributed by atoms with E-state index in [9.17, 15) is 9.59 Å². The summed E-state index contributed by atoms with van der Waals surface area (Å²) < 4.78 is 0. The Morgan fingerprint density at radius 2 is 1.61 bits per heavy atom. The van der Waals surface area contributed by atoms with Crippen LogP contribution in [0.25, 0.3) is 0 Å². The Morgan fingerprint density at radius 1 is 0.957 bits per heavy atom. The number of aryl methyl sites for hydroxylation is 2. The molecule has 0 fully saturated rings. The van der Waals surface area contributed by atoms with E-state index in [1.807, 2.05) is 56.3 Å². The van der Waals surface area contributed by atoms with Crippen LogP contribution in [0, 0.1) is 13.8 Å². The molecule has 0 aliphatic rings. The van der Waals surface area contributed by atoms with Crippen molar-refractivity contribution < 1.29 is 9.59 Å². The van der Waals surface area contributed by atoms with Gasteiger partial charge in [0.1, 0.15) is 0 Å². The number of amides is 2. The summed E-state index contributed by atoms with van der Waals surface area (Å²) in [5.74, 6) is -0.0814. The lowest BCUT2D eigenvalue weighted by molar-refractivity contribution is -0.127. The third kappa shape index (κ3) is 4.42. The van der Waals surface area contributed by atoms with Crippen LogP contribution in [0.3, 0.4) is 0 Å². The number of carbonyl (C=O) groups is 2. The van der Waals surface area contributed by atoms with Crippen molar-refractivity contribution in [1.82, 2.24) is 4.90 Å². The summed E-state index contributed by atoms with van der Waals surface area (Å²) in [7, 11) is 3.47. The first-order chi connectivity index (χ1) is 10.9. The SMILES string of the molecule is Cc1ccc(C(=O)Nc2ccc(CC(=O)N(C)C)cc2)cc1C. The standard InChI is InChI=1S/C19H22N2O2/c1-13-5-8-16(11-14(13)2)19(23)20-17-9-6-15(7-10-17)12-18(22)21(3)4/h5-11H,12H2,1-4H3,(H,20,23). The van der Waals surface area contributed by atoms with Gasteiger partial charge < -0.3 is 10.2 Å². The molecule has 4 heteroatoms. The van der Waals surface area contributed by atoms with Gasteiger partial charge in [0.25, 0.3) is 5.91 Å². The maximum absolute atomic E-state index is 12.3. The van der Waals surface area contributed by atoms with E-state index in [1.165, 1.54) is 0 Å². The lowest BCUT2D eigenvalue weighted by Gasteiger charge is -2.11. The minimum Gasteiger partial charge on any atom is -0.349 e. The number of hydrogen-bond acceptors (Lipinski definition) is 2. The van der Waals surface area contributed by atoms with Crippen molar-refractivity contribution in [2.24, 2.45) is 0 Å². The fraction of sp³-hybridized carbons (Fsp3) is 0.263. The van der Waals surface area contributed by atoms with Crippen molar-refractivity contribution in [3.05, 3.63) is 64.7 Å². The van der Waals surface area contributed by atoms with E-state index < -0.39 is 0 Å². The van der Waals surface area contributed by atoms with Crippen LogP contribution in [0.2, 0.25) is 0 Å². The highest BCUT2D eigenvalue weighted by molar-refractivity contribution is 6.04. The topological polar surface area (TPSA) is 49.4 Å². The van der Waals surface area contributed by atoms with Gasteiger partial charge in [-0.25, -0.2) is 0 Å². The van der Waals surface area contributed by atoms with Gasteiger partial charge in [-0.15, -0.1) is 0 Å². The van der Waals surface area contributed by atoms with Crippen molar-refractivity contribution >= 4 is 17.5 Å². The molecule has 0 bridgehead atoms. The number of carbonyl (C=O) groups excluding carboxylic acids is 2. The highest BCUT2D eigenvalue weighted by Crippen LogP contribution is 2.14. The molecule has 2 amide bonds. The minimum absolute atomic E-state index is 0.0527. The summed E-state index contributed by atoms with van der Waals surface area (Å²) in [5, 5.41) is 2.87. The van der Waals surface area contributed by atoms with Crippen LogP contribution in [-0.4, -0.2) is 30.8 Å². The average molecular weight is 310 g/mol. The predicted molar refractivity (Wildman–Crippen MR) is 92.7 cm³/mol. The Kier molecular flexibility index (Phi) is 5.16. The van der Waals surface area contributed by atoms with Gasteiger partial charge in [0, 0.05) is 25.3 Å². The van der Waals surface area contributed by atoms with Crippen LogP contribution in [0.1, 0.15) is 27.0 Å². The normalized spacial score (nSPS) is 10.3. The fourth-order valence-electron chi connectivity index (χ4n) is 2.12. The van der Waals surface area contributed by atoms with Crippen LogP contribution < -0.4 is 5.32 Å². The van der Waals surface area contributed by atoms with Crippen molar-refractivity contribution in [1.29, 1.82) is 0 Å². The second-order valence-corrected chi connectivity index (χ2v) is 5.92. The van der Waals surface area contributed by atoms with Gasteiger partial charge in [0.2, 0.25) is 5.91 Å². The molecule has 0 spiro atoms. The molecule has 0 saturated carbocycles. The molecule has 4 nitrogen and oxygen atoms in total. The van der Waals surface area contributed by atoms with Crippen LogP contribution in [-0.2, 0) is 11.2 Å².